The van der Waals surface area contributed by atoms with Crippen LogP contribution in [0.4, 0.5) is 5.69 Å². The van der Waals surface area contributed by atoms with Crippen molar-refractivity contribution in [1.29, 1.82) is 0 Å². The fraction of sp³-hybridized carbons (Fsp3) is 0.286. The van der Waals surface area contributed by atoms with Gasteiger partial charge in [-0.05, 0) is 23.6 Å². The molecule has 2 atom stereocenters. The minimum Gasteiger partial charge on any atom is -0.466 e. The largest absolute Gasteiger partial charge is 0.466 e. The molecule has 1 spiro atoms. The second-order valence-corrected chi connectivity index (χ2v) is 8.98. The molecule has 3 heterocycles. The van der Waals surface area contributed by atoms with Gasteiger partial charge in [0.15, 0.2) is 5.70 Å². The van der Waals surface area contributed by atoms with Crippen molar-refractivity contribution in [3.8, 4) is 0 Å². The van der Waals surface area contributed by atoms with Crippen LogP contribution in [0, 0.1) is 0 Å². The third-order valence-corrected chi connectivity index (χ3v) is 7.20. The van der Waals surface area contributed by atoms with Crippen LogP contribution in [0.1, 0.15) is 24.0 Å². The Morgan fingerprint density at radius 2 is 1.78 bits per heavy atom. The lowest BCUT2D eigenvalue weighted by molar-refractivity contribution is -0.140. The van der Waals surface area contributed by atoms with Gasteiger partial charge in [0, 0.05) is 18.7 Å². The Labute approximate surface area is 209 Å². The molecule has 0 radical (unpaired) electrons. The van der Waals surface area contributed by atoms with Crippen LogP contribution in [0.2, 0.25) is 0 Å². The maximum Gasteiger partial charge on any atom is 0.357 e. The van der Waals surface area contributed by atoms with Crippen LogP contribution < -0.4 is 4.90 Å². The molecule has 3 aliphatic rings. The van der Waals surface area contributed by atoms with Crippen molar-refractivity contribution >= 4 is 29.4 Å². The van der Waals surface area contributed by atoms with Gasteiger partial charge in [-0.15, -0.1) is 6.58 Å². The summed E-state index contributed by atoms with van der Waals surface area (Å²) >= 11 is 0. The van der Waals surface area contributed by atoms with E-state index in [0.29, 0.717) is 25.3 Å². The first-order chi connectivity index (χ1) is 17.5. The first-order valence-corrected chi connectivity index (χ1v) is 11.8. The van der Waals surface area contributed by atoms with Gasteiger partial charge in [0.05, 0.1) is 37.8 Å². The maximum absolute atomic E-state index is 13.4. The third kappa shape index (κ3) is 3.36. The van der Waals surface area contributed by atoms with E-state index >= 15 is 0 Å². The van der Waals surface area contributed by atoms with Crippen molar-refractivity contribution in [2.24, 2.45) is 4.99 Å². The average Bonchev–Trinajstić information content (AvgIpc) is 3.19. The number of carbonyl (C=O) groups is 3. The van der Waals surface area contributed by atoms with E-state index in [2.05, 4.69) is 6.58 Å². The van der Waals surface area contributed by atoms with Crippen molar-refractivity contribution in [3.05, 3.63) is 89.6 Å². The van der Waals surface area contributed by atoms with Gasteiger partial charge in [-0.2, -0.15) is 0 Å². The predicted octanol–water partition coefficient (Wildman–Crippen LogP) is 3.13. The van der Waals surface area contributed by atoms with E-state index in [9.17, 15) is 14.4 Å². The molecule has 8 nitrogen and oxygen atoms in total. The molecule has 2 aromatic carbocycles. The van der Waals surface area contributed by atoms with Gasteiger partial charge >= 0.3 is 11.9 Å². The molecule has 8 heteroatoms. The maximum atomic E-state index is 13.4. The van der Waals surface area contributed by atoms with Gasteiger partial charge < -0.3 is 14.4 Å². The Morgan fingerprint density at radius 3 is 2.47 bits per heavy atom. The fourth-order valence-electron chi connectivity index (χ4n) is 5.78. The lowest BCUT2D eigenvalue weighted by atomic mass is 9.65. The van der Waals surface area contributed by atoms with E-state index in [0.717, 1.165) is 16.8 Å². The molecule has 3 aliphatic heterocycles. The molecule has 2 aromatic rings. The topological polar surface area (TPSA) is 88.5 Å². The van der Waals surface area contributed by atoms with Crippen LogP contribution in [-0.4, -0.2) is 55.4 Å². The van der Waals surface area contributed by atoms with E-state index in [-0.39, 0.29) is 23.6 Å². The molecule has 184 valence electrons. The zero-order valence-corrected chi connectivity index (χ0v) is 20.3. The molecule has 1 amide bonds. The summed E-state index contributed by atoms with van der Waals surface area (Å²) in [7, 11) is 2.52. The Balaban J connectivity index is 1.82. The van der Waals surface area contributed by atoms with Crippen molar-refractivity contribution in [2.75, 3.05) is 25.7 Å². The number of esters is 2. The number of ether oxygens (including phenoxy) is 2. The molecule has 0 saturated carbocycles. The SMILES string of the molecule is C=CCN1c2ccccc2[C@]23CCC(=O)N(Cc4ccccc4)C2=NC(C(=O)OC)=C(C(=O)OC)[C@H]13. The molecule has 5 rings (SSSR count). The van der Waals surface area contributed by atoms with E-state index in [1.807, 2.05) is 59.5 Å². The first kappa shape index (κ1) is 23.5. The number of carbonyl (C=O) groups excluding carboxylic acids is 3. The normalized spacial score (nSPS) is 22.3. The van der Waals surface area contributed by atoms with Gasteiger partial charge in [0.2, 0.25) is 5.91 Å². The Bertz CT molecular complexity index is 1320. The summed E-state index contributed by atoms with van der Waals surface area (Å²) in [5.41, 5.74) is 1.92. The second kappa shape index (κ2) is 9.11. The number of methoxy groups -OCH3 is 2. The highest BCUT2D eigenvalue weighted by Gasteiger charge is 2.63. The van der Waals surface area contributed by atoms with Crippen LogP contribution in [0.5, 0.6) is 0 Å². The number of likely N-dealkylation sites (tertiary alicyclic amines) is 1. The zero-order valence-electron chi connectivity index (χ0n) is 20.3. The Kier molecular flexibility index (Phi) is 5.96. The molecule has 0 aromatic heterocycles. The van der Waals surface area contributed by atoms with Crippen LogP contribution in [0.15, 0.2) is 83.5 Å². The Morgan fingerprint density at radius 1 is 1.08 bits per heavy atom. The monoisotopic (exact) mass is 485 g/mol. The quantitative estimate of drug-likeness (QED) is 0.462. The minimum absolute atomic E-state index is 0.0904. The number of hydrogen-bond acceptors (Lipinski definition) is 7. The molecule has 1 saturated heterocycles. The van der Waals surface area contributed by atoms with Crippen molar-refractivity contribution in [1.82, 2.24) is 4.90 Å². The van der Waals surface area contributed by atoms with E-state index in [4.69, 9.17) is 14.5 Å². The molecule has 0 unspecified atom stereocenters. The van der Waals surface area contributed by atoms with E-state index < -0.39 is 23.4 Å². The fourth-order valence-corrected chi connectivity index (χ4v) is 5.78. The summed E-state index contributed by atoms with van der Waals surface area (Å²) in [5, 5.41) is 0. The highest BCUT2D eigenvalue weighted by atomic mass is 16.5. The van der Waals surface area contributed by atoms with Gasteiger partial charge in [-0.1, -0.05) is 54.6 Å². The van der Waals surface area contributed by atoms with Crippen LogP contribution in [0.25, 0.3) is 0 Å². The highest BCUT2D eigenvalue weighted by Crippen LogP contribution is 2.56. The van der Waals surface area contributed by atoms with Crippen molar-refractivity contribution < 1.29 is 23.9 Å². The molecule has 0 N–H and O–H groups in total. The van der Waals surface area contributed by atoms with Crippen molar-refractivity contribution in [2.45, 2.75) is 30.8 Å². The van der Waals surface area contributed by atoms with Gasteiger partial charge in [0.1, 0.15) is 5.84 Å². The summed E-state index contributed by atoms with van der Waals surface area (Å²) in [6.07, 6.45) is 2.45. The average molecular weight is 486 g/mol. The molecule has 0 bridgehead atoms. The van der Waals surface area contributed by atoms with Crippen LogP contribution in [0.3, 0.4) is 0 Å². The molecular formula is C28H27N3O5. The smallest absolute Gasteiger partial charge is 0.357 e. The summed E-state index contributed by atoms with van der Waals surface area (Å²) in [4.78, 5) is 48.1. The van der Waals surface area contributed by atoms with Crippen LogP contribution >= 0.6 is 0 Å². The minimum atomic E-state index is -0.844. The van der Waals surface area contributed by atoms with Gasteiger partial charge in [-0.3, -0.25) is 9.69 Å². The van der Waals surface area contributed by atoms with E-state index in [1.54, 1.807) is 11.0 Å². The second-order valence-electron chi connectivity index (χ2n) is 8.98. The number of benzene rings is 2. The number of amidine groups is 1. The van der Waals surface area contributed by atoms with Gasteiger partial charge in [0.25, 0.3) is 0 Å². The number of para-hydroxylation sites is 1. The molecular weight excluding hydrogens is 458 g/mol. The van der Waals surface area contributed by atoms with Crippen LogP contribution in [-0.2, 0) is 35.8 Å². The first-order valence-electron chi connectivity index (χ1n) is 11.8. The lowest BCUT2D eigenvalue weighted by Gasteiger charge is -2.48. The lowest BCUT2D eigenvalue weighted by Crippen LogP contribution is -2.62. The summed E-state index contributed by atoms with van der Waals surface area (Å²) in [5.74, 6) is -1.06. The predicted molar refractivity (Wildman–Crippen MR) is 134 cm³/mol. The summed E-state index contributed by atoms with van der Waals surface area (Å²) in [6.45, 7) is 4.62. The number of amides is 1. The highest BCUT2D eigenvalue weighted by molar-refractivity contribution is 6.15. The number of hydrogen-bond donors (Lipinski definition) is 0. The summed E-state index contributed by atoms with van der Waals surface area (Å²) in [6, 6.07) is 16.9. The van der Waals surface area contributed by atoms with Gasteiger partial charge in [-0.25, -0.2) is 14.6 Å². The third-order valence-electron chi connectivity index (χ3n) is 7.20. The number of anilines is 1. The molecule has 36 heavy (non-hydrogen) atoms. The number of rotatable bonds is 6. The molecule has 0 aliphatic carbocycles. The molecule has 1 fully saturated rings. The number of piperidine rings is 1. The standard InChI is InChI=1S/C28H27N3O5/c1-4-16-30-20-13-9-8-12-19(20)28-15-14-21(32)31(17-18-10-6-5-7-11-18)27(28)29-23(26(34)36-3)22(24(28)30)25(33)35-2/h4-13,24H,1,14-17H2,2-3H3/t24-,28-/m0/s1. The number of fused-ring (bicyclic) bond motifs is 1. The summed E-state index contributed by atoms with van der Waals surface area (Å²) < 4.78 is 10.2. The Hall–Kier alpha value is -4.20. The van der Waals surface area contributed by atoms with Crippen molar-refractivity contribution in [3.63, 3.8) is 0 Å². The number of nitrogens with zero attached hydrogens (tertiary/aromatic N) is 3. The number of aliphatic imine (C=N–C) groups is 1. The van der Waals surface area contributed by atoms with E-state index in [1.165, 1.54) is 14.2 Å². The zero-order chi connectivity index (χ0) is 25.4.